The van der Waals surface area contributed by atoms with Crippen molar-refractivity contribution in [1.29, 1.82) is 0 Å². The van der Waals surface area contributed by atoms with Crippen LogP contribution < -0.4 is 61.6 Å². The van der Waals surface area contributed by atoms with E-state index in [0.717, 1.165) is 225 Å². The lowest BCUT2D eigenvalue weighted by Crippen LogP contribution is -2.15. The number of hydrogen-bond acceptors (Lipinski definition) is 15. The maximum absolute atomic E-state index is 8.80. The van der Waals surface area contributed by atoms with E-state index in [1.165, 1.54) is 0 Å². The van der Waals surface area contributed by atoms with Crippen molar-refractivity contribution in [1.82, 2.24) is 0 Å². The van der Waals surface area contributed by atoms with Crippen molar-refractivity contribution >= 4 is 110 Å². The van der Waals surface area contributed by atoms with E-state index >= 15 is 0 Å². The first-order chi connectivity index (χ1) is 59.6. The molecular formula is C106H92I2O15. The first-order valence-electron chi connectivity index (χ1n) is 39.5. The lowest BCUT2D eigenvalue weighted by Gasteiger charge is -2.32. The van der Waals surface area contributed by atoms with Crippen molar-refractivity contribution in [2.24, 2.45) is 0 Å². The van der Waals surface area contributed by atoms with Gasteiger partial charge in [-0.2, -0.15) is 0 Å². The van der Waals surface area contributed by atoms with Gasteiger partial charge in [0.1, 0.15) is 97.7 Å². The van der Waals surface area contributed by atoms with E-state index in [4.69, 9.17) is 66.7 Å². The summed E-state index contributed by atoms with van der Waals surface area (Å²) in [5, 5.41) is 22.1. The number of halogens is 2. The van der Waals surface area contributed by atoms with E-state index in [0.29, 0.717) is 0 Å². The third-order valence-electron chi connectivity index (χ3n) is 22.5. The highest BCUT2D eigenvalue weighted by Crippen LogP contribution is 2.59. The number of para-hydroxylation sites is 1. The van der Waals surface area contributed by atoms with Crippen LogP contribution in [0.2, 0.25) is 0 Å². The largest absolute Gasteiger partial charge is 0.508 e. The Morgan fingerprint density at radius 2 is 0.569 bits per heavy atom. The molecule has 20 rings (SSSR count). The number of aromatic hydroxyl groups is 1. The standard InChI is InChI=1S/C36H28O4.C30H22I2O4.C30H24O4.C7H8O2.C2H6O.CH4/c1-37-26-14-9-23-12-17-31(39-3)34(29(23)20-26)36-28-16-11-25(22-7-5-4-6-8-22)19-33(28)40-32-18-13-24-10-15-27(38-2)21-30(24)35(32)36;1-33-19-8-4-16-6-10-25(35-3)27(21(16)14-19)29-23-12-18(31)13-24(32)30(23)36-26-11-7-17-5-9-20(34-2)15-22(17)28(26)29;1-31-20-12-8-18-10-14-26(33-3)28(23(18)16-20)30-22-6-4-5-7-25(22)34-27-15-11-19-9-13-21(32-2)17-24(19)29(27)30;1-9-7-4-2-6(8)3-5-7;1-3-2;/h4-21,36H,1-3H3;4-15,29H,1-3H3;4-17,30H,1-3H3;2-5,8H,1H3;1-2H3;1H4. The van der Waals surface area contributed by atoms with Gasteiger partial charge in [-0.15, -0.1) is 0 Å². The number of phenols is 1. The first kappa shape index (κ1) is 84.9. The van der Waals surface area contributed by atoms with Gasteiger partial charge in [-0.1, -0.05) is 141 Å². The van der Waals surface area contributed by atoms with Crippen LogP contribution in [0.5, 0.6) is 97.7 Å². The van der Waals surface area contributed by atoms with Crippen molar-refractivity contribution in [3.8, 4) is 109 Å². The number of hydrogen-bond donors (Lipinski definition) is 1. The second kappa shape index (κ2) is 37.5. The third-order valence-corrected chi connectivity index (χ3v) is 23.9. The molecule has 15 nitrogen and oxygen atoms in total. The molecule has 0 radical (unpaired) electrons. The number of benzene rings is 17. The lowest BCUT2D eigenvalue weighted by atomic mass is 9.78. The van der Waals surface area contributed by atoms with Crippen molar-refractivity contribution in [3.05, 3.63) is 348 Å². The summed E-state index contributed by atoms with van der Waals surface area (Å²) in [6.07, 6.45) is 0. The molecule has 620 valence electrons. The normalized spacial score (nSPS) is 13.4. The van der Waals surface area contributed by atoms with Crippen molar-refractivity contribution in [2.75, 3.05) is 85.3 Å². The Morgan fingerprint density at radius 1 is 0.252 bits per heavy atom. The molecule has 0 saturated heterocycles. The summed E-state index contributed by atoms with van der Waals surface area (Å²) in [5.41, 5.74) is 12.1. The predicted octanol–water partition coefficient (Wildman–Crippen LogP) is 27.1. The van der Waals surface area contributed by atoms with Gasteiger partial charge in [0.05, 0.1) is 74.7 Å². The molecule has 3 aliphatic heterocycles. The van der Waals surface area contributed by atoms with E-state index in [9.17, 15) is 0 Å². The number of methoxy groups -OCH3 is 11. The predicted molar refractivity (Wildman–Crippen MR) is 510 cm³/mol. The fraction of sp³-hybridized carbons (Fsp3) is 0.151. The highest BCUT2D eigenvalue weighted by atomic mass is 127. The number of rotatable bonds is 14. The van der Waals surface area contributed by atoms with Gasteiger partial charge < -0.3 is 71.4 Å². The van der Waals surface area contributed by atoms with E-state index in [2.05, 4.69) is 256 Å². The molecule has 0 aromatic heterocycles. The smallest absolute Gasteiger partial charge is 0.144 e. The molecule has 17 aromatic carbocycles. The Balaban J connectivity index is 0.000000134. The second-order valence-corrected chi connectivity index (χ2v) is 31.6. The number of phenolic OH excluding ortho intramolecular Hbond substituents is 1. The molecule has 3 atom stereocenters. The highest BCUT2D eigenvalue weighted by molar-refractivity contribution is 14.1. The van der Waals surface area contributed by atoms with Gasteiger partial charge in [-0.05, 0) is 279 Å². The molecule has 17 heteroatoms. The molecular weight excluding hydrogens is 1770 g/mol. The quantitative estimate of drug-likeness (QED) is 0.103. The Labute approximate surface area is 743 Å². The van der Waals surface area contributed by atoms with Crippen molar-refractivity contribution in [2.45, 2.75) is 25.2 Å². The second-order valence-electron chi connectivity index (χ2n) is 29.2. The van der Waals surface area contributed by atoms with Gasteiger partial charge in [0.15, 0.2) is 0 Å². The number of ether oxygens (including phenoxy) is 14. The Morgan fingerprint density at radius 3 is 0.951 bits per heavy atom. The Hall–Kier alpha value is -13.1. The fourth-order valence-electron chi connectivity index (χ4n) is 16.8. The zero-order valence-electron chi connectivity index (χ0n) is 69.4. The average molecular weight is 1860 g/mol. The van der Waals surface area contributed by atoms with Gasteiger partial charge >= 0.3 is 0 Å². The molecule has 3 heterocycles. The third kappa shape index (κ3) is 16.7. The molecule has 0 bridgehead atoms. The van der Waals surface area contributed by atoms with Crippen molar-refractivity contribution < 1.29 is 71.4 Å². The van der Waals surface area contributed by atoms with E-state index in [1.54, 1.807) is 110 Å². The van der Waals surface area contributed by atoms with Crippen LogP contribution in [-0.4, -0.2) is 90.4 Å². The van der Waals surface area contributed by atoms with Gasteiger partial charge in [0.25, 0.3) is 0 Å². The summed E-state index contributed by atoms with van der Waals surface area (Å²) in [7, 11) is 20.2. The van der Waals surface area contributed by atoms with Crippen LogP contribution >= 0.6 is 45.2 Å². The maximum atomic E-state index is 8.80. The molecule has 123 heavy (non-hydrogen) atoms. The fourth-order valence-corrected chi connectivity index (χ4v) is 18.8. The zero-order valence-corrected chi connectivity index (χ0v) is 73.7. The average Bonchev–Trinajstić information content (AvgIpc) is 0.731. The molecule has 0 spiro atoms. The van der Waals surface area contributed by atoms with Crippen LogP contribution in [0.15, 0.2) is 291 Å². The van der Waals surface area contributed by atoms with Gasteiger partial charge in [0, 0.05) is 85.6 Å². The van der Waals surface area contributed by atoms with Gasteiger partial charge in [-0.25, -0.2) is 0 Å². The SMILES string of the molecule is C.COC.COc1ccc(O)cc1.COc1ccc2ccc(OC)c(C3c4cc(I)cc(I)c4Oc4ccc5ccc(OC)cc5c43)c2c1.COc1ccc2ccc(OC)c(C3c4ccc(-c5ccccc5)cc4Oc4ccc5ccc(OC)cc5c43)c2c1.COc1ccc2ccc(OC)c(C3c4ccccc4Oc4ccc5ccc(OC)cc5c43)c2c1. The van der Waals surface area contributed by atoms with Crippen molar-refractivity contribution in [3.63, 3.8) is 0 Å². The molecule has 0 fully saturated rings. The topological polar surface area (TPSA) is 149 Å². The monoisotopic (exact) mass is 1860 g/mol. The van der Waals surface area contributed by atoms with E-state index < -0.39 is 0 Å². The Kier molecular flexibility index (Phi) is 25.9. The summed E-state index contributed by atoms with van der Waals surface area (Å²) in [5.74, 6) is 13.0. The number of fused-ring (bicyclic) bond motifs is 15. The summed E-state index contributed by atoms with van der Waals surface area (Å²) < 4.78 is 82.9. The minimum absolute atomic E-state index is 0. The zero-order chi connectivity index (χ0) is 84.8. The van der Waals surface area contributed by atoms with E-state index in [1.807, 2.05) is 60.7 Å². The first-order valence-corrected chi connectivity index (χ1v) is 41.6. The molecule has 0 amide bonds. The summed E-state index contributed by atoms with van der Waals surface area (Å²) in [6.45, 7) is 0. The van der Waals surface area contributed by atoms with Gasteiger partial charge in [-0.3, -0.25) is 0 Å². The minimum atomic E-state index is -0.162. The molecule has 1 N–H and O–H groups in total. The molecule has 3 aliphatic rings. The molecule has 0 aliphatic carbocycles. The van der Waals surface area contributed by atoms with Gasteiger partial charge in [0.2, 0.25) is 0 Å². The van der Waals surface area contributed by atoms with E-state index in [-0.39, 0.29) is 30.9 Å². The Bertz CT molecular complexity index is 6760. The van der Waals surface area contributed by atoms with Crippen LogP contribution in [0.25, 0.3) is 75.8 Å². The van der Waals surface area contributed by atoms with Crippen LogP contribution in [0.1, 0.15) is 75.3 Å². The molecule has 17 aromatic rings. The summed E-state index contributed by atoms with van der Waals surface area (Å²) in [4.78, 5) is 0. The highest BCUT2D eigenvalue weighted by Gasteiger charge is 2.39. The minimum Gasteiger partial charge on any atom is -0.508 e. The lowest BCUT2D eigenvalue weighted by molar-refractivity contribution is 0.277. The molecule has 3 unspecified atom stereocenters. The summed E-state index contributed by atoms with van der Waals surface area (Å²) in [6, 6.07) is 98.2. The molecule has 0 saturated carbocycles. The van der Waals surface area contributed by atoms with Crippen LogP contribution in [-0.2, 0) is 4.74 Å². The summed E-state index contributed by atoms with van der Waals surface area (Å²) >= 11 is 4.76. The van der Waals surface area contributed by atoms with Crippen LogP contribution in [0.4, 0.5) is 0 Å². The van der Waals surface area contributed by atoms with Crippen LogP contribution in [0.3, 0.4) is 0 Å². The maximum Gasteiger partial charge on any atom is 0.144 e. The van der Waals surface area contributed by atoms with Crippen LogP contribution in [0, 0.1) is 7.14 Å².